The van der Waals surface area contributed by atoms with Crippen molar-refractivity contribution in [3.05, 3.63) is 84.2 Å². The van der Waals surface area contributed by atoms with Crippen molar-refractivity contribution in [2.75, 3.05) is 17.9 Å². The number of fused-ring (bicyclic) bond motifs is 2. The SMILES string of the molecule is CSCc1nc2ccccc2n1CC(=O)N(Cc1ccc2c(c1)OCO2)c1ccccc1. The lowest BCUT2D eigenvalue weighted by atomic mass is 10.1. The number of nitrogens with zero attached hydrogens (tertiary/aromatic N) is 3. The molecule has 0 fully saturated rings. The molecule has 7 heteroatoms. The maximum Gasteiger partial charge on any atom is 0.247 e. The Morgan fingerprint density at radius 1 is 1.03 bits per heavy atom. The largest absolute Gasteiger partial charge is 0.454 e. The summed E-state index contributed by atoms with van der Waals surface area (Å²) in [6, 6.07) is 23.5. The van der Waals surface area contributed by atoms with E-state index in [2.05, 4.69) is 0 Å². The van der Waals surface area contributed by atoms with Gasteiger partial charge in [0.1, 0.15) is 12.4 Å². The van der Waals surface area contributed by atoms with Crippen LogP contribution in [0.4, 0.5) is 5.69 Å². The van der Waals surface area contributed by atoms with Crippen LogP contribution in [-0.4, -0.2) is 28.5 Å². The van der Waals surface area contributed by atoms with Gasteiger partial charge in [-0.25, -0.2) is 4.98 Å². The molecule has 6 nitrogen and oxygen atoms in total. The summed E-state index contributed by atoms with van der Waals surface area (Å²) in [7, 11) is 0. The third-order valence-electron chi connectivity index (χ3n) is 5.45. The van der Waals surface area contributed by atoms with E-state index in [9.17, 15) is 4.79 Å². The first-order valence-electron chi connectivity index (χ1n) is 10.4. The number of hydrogen-bond donors (Lipinski definition) is 0. The van der Waals surface area contributed by atoms with Crippen molar-refractivity contribution < 1.29 is 14.3 Å². The van der Waals surface area contributed by atoms with E-state index in [1.165, 1.54) is 0 Å². The molecule has 0 spiro atoms. The molecule has 162 valence electrons. The van der Waals surface area contributed by atoms with Crippen LogP contribution in [0.15, 0.2) is 72.8 Å². The Hall–Kier alpha value is -3.45. The summed E-state index contributed by atoms with van der Waals surface area (Å²) >= 11 is 1.70. The number of amides is 1. The molecule has 0 atom stereocenters. The van der Waals surface area contributed by atoms with E-state index < -0.39 is 0 Å². The Bertz CT molecular complexity index is 1260. The van der Waals surface area contributed by atoms with Crippen molar-refractivity contribution in [2.45, 2.75) is 18.8 Å². The number of carbonyl (C=O) groups is 1. The number of anilines is 1. The molecule has 5 rings (SSSR count). The highest BCUT2D eigenvalue weighted by molar-refractivity contribution is 7.97. The summed E-state index contributed by atoms with van der Waals surface area (Å²) < 4.78 is 13.0. The molecular formula is C25H23N3O3S. The molecule has 1 aliphatic rings. The zero-order chi connectivity index (χ0) is 21.9. The second-order valence-corrected chi connectivity index (χ2v) is 8.40. The first-order chi connectivity index (χ1) is 15.7. The van der Waals surface area contributed by atoms with Crippen molar-refractivity contribution in [1.82, 2.24) is 9.55 Å². The first kappa shape index (κ1) is 20.5. The quantitative estimate of drug-likeness (QED) is 0.407. The minimum absolute atomic E-state index is 0.000581. The average Bonchev–Trinajstić information content (AvgIpc) is 3.42. The van der Waals surface area contributed by atoms with Crippen LogP contribution in [0, 0.1) is 0 Å². The van der Waals surface area contributed by atoms with Crippen LogP contribution in [0.2, 0.25) is 0 Å². The number of para-hydroxylation sites is 3. The van der Waals surface area contributed by atoms with E-state index >= 15 is 0 Å². The molecule has 3 aromatic carbocycles. The third kappa shape index (κ3) is 4.03. The molecule has 1 aliphatic heterocycles. The van der Waals surface area contributed by atoms with Gasteiger partial charge in [0.05, 0.1) is 23.3 Å². The van der Waals surface area contributed by atoms with Crippen molar-refractivity contribution in [3.8, 4) is 11.5 Å². The van der Waals surface area contributed by atoms with E-state index in [0.29, 0.717) is 12.3 Å². The molecule has 1 aromatic heterocycles. The van der Waals surface area contributed by atoms with E-state index in [1.807, 2.05) is 88.5 Å². The highest BCUT2D eigenvalue weighted by Crippen LogP contribution is 2.33. The number of thioether (sulfide) groups is 1. The second kappa shape index (κ2) is 8.96. The van der Waals surface area contributed by atoms with Crippen LogP contribution in [0.5, 0.6) is 11.5 Å². The summed E-state index contributed by atoms with van der Waals surface area (Å²) in [5, 5.41) is 0. The fraction of sp³-hybridized carbons (Fsp3) is 0.200. The second-order valence-electron chi connectivity index (χ2n) is 7.54. The van der Waals surface area contributed by atoms with Crippen molar-refractivity contribution in [1.29, 1.82) is 0 Å². The predicted molar refractivity (Wildman–Crippen MR) is 127 cm³/mol. The molecule has 1 amide bonds. The fourth-order valence-electron chi connectivity index (χ4n) is 3.91. The lowest BCUT2D eigenvalue weighted by Crippen LogP contribution is -2.33. The van der Waals surface area contributed by atoms with E-state index in [1.54, 1.807) is 11.8 Å². The fourth-order valence-corrected chi connectivity index (χ4v) is 4.39. The van der Waals surface area contributed by atoms with E-state index in [-0.39, 0.29) is 19.2 Å². The molecule has 32 heavy (non-hydrogen) atoms. The Kier molecular flexibility index (Phi) is 5.73. The summed E-state index contributed by atoms with van der Waals surface area (Å²) in [6.45, 7) is 0.881. The van der Waals surface area contributed by atoms with Gasteiger partial charge in [0, 0.05) is 5.69 Å². The zero-order valence-electron chi connectivity index (χ0n) is 17.7. The Labute approximate surface area is 190 Å². The lowest BCUT2D eigenvalue weighted by molar-refractivity contribution is -0.119. The van der Waals surface area contributed by atoms with Gasteiger partial charge in [-0.3, -0.25) is 4.79 Å². The van der Waals surface area contributed by atoms with Crippen LogP contribution < -0.4 is 14.4 Å². The Morgan fingerprint density at radius 2 is 1.81 bits per heavy atom. The molecule has 0 bridgehead atoms. The normalized spacial score (nSPS) is 12.3. The molecule has 0 saturated carbocycles. The van der Waals surface area contributed by atoms with Crippen molar-refractivity contribution in [2.24, 2.45) is 0 Å². The van der Waals surface area contributed by atoms with Crippen molar-refractivity contribution >= 4 is 34.4 Å². The van der Waals surface area contributed by atoms with E-state index in [0.717, 1.165) is 39.6 Å². The summed E-state index contributed by atoms with van der Waals surface area (Å²) in [6.07, 6.45) is 2.04. The summed E-state index contributed by atoms with van der Waals surface area (Å²) in [4.78, 5) is 20.2. The highest BCUT2D eigenvalue weighted by atomic mass is 32.2. The van der Waals surface area contributed by atoms with Gasteiger partial charge < -0.3 is 18.9 Å². The first-order valence-corrected chi connectivity index (χ1v) is 11.8. The number of ether oxygens (including phenoxy) is 2. The molecule has 0 unspecified atom stereocenters. The Morgan fingerprint density at radius 3 is 2.66 bits per heavy atom. The molecule has 0 aliphatic carbocycles. The zero-order valence-corrected chi connectivity index (χ0v) is 18.5. The molecule has 4 aromatic rings. The summed E-state index contributed by atoms with van der Waals surface area (Å²) in [5.41, 5.74) is 3.71. The Balaban J connectivity index is 1.48. The van der Waals surface area contributed by atoms with Gasteiger partial charge in [0.2, 0.25) is 12.7 Å². The predicted octanol–water partition coefficient (Wildman–Crippen LogP) is 4.86. The van der Waals surface area contributed by atoms with Gasteiger partial charge in [-0.1, -0.05) is 36.4 Å². The lowest BCUT2D eigenvalue weighted by Gasteiger charge is -2.24. The minimum atomic E-state index is -0.000581. The van der Waals surface area contributed by atoms with Crippen LogP contribution in [0.1, 0.15) is 11.4 Å². The maximum absolute atomic E-state index is 13.7. The van der Waals surface area contributed by atoms with E-state index in [4.69, 9.17) is 14.5 Å². The van der Waals surface area contributed by atoms with Crippen LogP contribution in [0.25, 0.3) is 11.0 Å². The number of carbonyl (C=O) groups excluding carboxylic acids is 1. The number of imidazole rings is 1. The van der Waals surface area contributed by atoms with Gasteiger partial charge in [-0.05, 0) is 48.2 Å². The molecule has 2 heterocycles. The number of aromatic nitrogens is 2. The van der Waals surface area contributed by atoms with Crippen LogP contribution in [0.3, 0.4) is 0 Å². The topological polar surface area (TPSA) is 56.6 Å². The third-order valence-corrected chi connectivity index (χ3v) is 5.99. The van der Waals surface area contributed by atoms with Gasteiger partial charge in [0.25, 0.3) is 0 Å². The molecular weight excluding hydrogens is 422 g/mol. The molecule has 0 saturated heterocycles. The monoisotopic (exact) mass is 445 g/mol. The van der Waals surface area contributed by atoms with Gasteiger partial charge in [-0.2, -0.15) is 11.8 Å². The van der Waals surface area contributed by atoms with Gasteiger partial charge in [0.15, 0.2) is 11.5 Å². The number of rotatable bonds is 7. The number of hydrogen-bond acceptors (Lipinski definition) is 5. The van der Waals surface area contributed by atoms with Crippen LogP contribution >= 0.6 is 11.8 Å². The molecule has 0 N–H and O–H groups in total. The standard InChI is InChI=1S/C25H23N3O3S/c1-32-16-24-26-20-9-5-6-10-21(20)28(24)15-25(29)27(19-7-3-2-4-8-19)14-18-11-12-22-23(13-18)31-17-30-22/h2-13H,14-17H2,1H3. The molecule has 0 radical (unpaired) electrons. The maximum atomic E-state index is 13.7. The minimum Gasteiger partial charge on any atom is -0.454 e. The van der Waals surface area contributed by atoms with Gasteiger partial charge >= 0.3 is 0 Å². The average molecular weight is 446 g/mol. The van der Waals surface area contributed by atoms with Gasteiger partial charge in [-0.15, -0.1) is 0 Å². The van der Waals surface area contributed by atoms with Crippen molar-refractivity contribution in [3.63, 3.8) is 0 Å². The number of benzene rings is 3. The summed E-state index contributed by atoms with van der Waals surface area (Å²) in [5.74, 6) is 3.10. The highest BCUT2D eigenvalue weighted by Gasteiger charge is 2.21. The smallest absolute Gasteiger partial charge is 0.247 e. The van der Waals surface area contributed by atoms with Crippen LogP contribution in [-0.2, 0) is 23.6 Å².